The second-order valence-corrected chi connectivity index (χ2v) is 6.42. The van der Waals surface area contributed by atoms with Crippen LogP contribution in [0.1, 0.15) is 40.0 Å². The van der Waals surface area contributed by atoms with Crippen molar-refractivity contribution in [2.45, 2.75) is 46.1 Å². The summed E-state index contributed by atoms with van der Waals surface area (Å²) in [6, 6.07) is 0.533. The standard InChI is InChI=1S/C15H32N2O2/c1-4-16-14-13(6-5-7-15(14,2)3)12-17(8-10-18)9-11-19/h13-14,16,18-19H,4-12H2,1-3H3. The Balaban J connectivity index is 2.65. The van der Waals surface area contributed by atoms with Gasteiger partial charge in [-0.15, -0.1) is 0 Å². The van der Waals surface area contributed by atoms with Crippen molar-refractivity contribution in [2.24, 2.45) is 11.3 Å². The molecule has 0 spiro atoms. The molecule has 0 amide bonds. The molecular weight excluding hydrogens is 240 g/mol. The summed E-state index contributed by atoms with van der Waals surface area (Å²) in [5, 5.41) is 21.9. The van der Waals surface area contributed by atoms with Crippen molar-refractivity contribution in [1.82, 2.24) is 10.2 Å². The van der Waals surface area contributed by atoms with Gasteiger partial charge in [0, 0.05) is 25.7 Å². The summed E-state index contributed by atoms with van der Waals surface area (Å²) in [6.45, 7) is 10.5. The molecular formula is C15H32N2O2. The van der Waals surface area contributed by atoms with Gasteiger partial charge in [-0.1, -0.05) is 27.2 Å². The first-order valence-corrected chi connectivity index (χ1v) is 7.72. The third-order valence-electron chi connectivity index (χ3n) is 4.46. The highest BCUT2D eigenvalue weighted by Crippen LogP contribution is 2.39. The minimum Gasteiger partial charge on any atom is -0.395 e. The number of hydrogen-bond acceptors (Lipinski definition) is 4. The smallest absolute Gasteiger partial charge is 0.0558 e. The molecule has 4 heteroatoms. The van der Waals surface area contributed by atoms with Gasteiger partial charge in [0.15, 0.2) is 0 Å². The van der Waals surface area contributed by atoms with Crippen molar-refractivity contribution in [1.29, 1.82) is 0 Å². The summed E-state index contributed by atoms with van der Waals surface area (Å²) in [5.74, 6) is 0.613. The Bertz CT molecular complexity index is 240. The van der Waals surface area contributed by atoms with Crippen LogP contribution >= 0.6 is 0 Å². The van der Waals surface area contributed by atoms with Gasteiger partial charge >= 0.3 is 0 Å². The maximum atomic E-state index is 9.13. The van der Waals surface area contributed by atoms with E-state index in [1.165, 1.54) is 19.3 Å². The molecule has 0 radical (unpaired) electrons. The van der Waals surface area contributed by atoms with Gasteiger partial charge in [-0.3, -0.25) is 4.90 Å². The van der Waals surface area contributed by atoms with Gasteiger partial charge < -0.3 is 15.5 Å². The zero-order chi connectivity index (χ0) is 14.3. The molecule has 1 fully saturated rings. The van der Waals surface area contributed by atoms with Crippen molar-refractivity contribution in [3.8, 4) is 0 Å². The SMILES string of the molecule is CCNC1C(CN(CCO)CCO)CCCC1(C)C. The lowest BCUT2D eigenvalue weighted by Crippen LogP contribution is -2.53. The van der Waals surface area contributed by atoms with E-state index in [9.17, 15) is 0 Å². The van der Waals surface area contributed by atoms with Crippen LogP contribution in [0.4, 0.5) is 0 Å². The molecule has 0 aliphatic heterocycles. The Morgan fingerprint density at radius 1 is 1.21 bits per heavy atom. The van der Waals surface area contributed by atoms with E-state index in [4.69, 9.17) is 10.2 Å². The number of hydrogen-bond donors (Lipinski definition) is 3. The highest BCUT2D eigenvalue weighted by Gasteiger charge is 2.38. The predicted octanol–water partition coefficient (Wildman–Crippen LogP) is 1.08. The first kappa shape index (κ1) is 16.9. The molecule has 0 bridgehead atoms. The molecule has 0 aromatic carbocycles. The number of aliphatic hydroxyl groups excluding tert-OH is 2. The highest BCUT2D eigenvalue weighted by molar-refractivity contribution is 4.94. The Morgan fingerprint density at radius 2 is 1.84 bits per heavy atom. The lowest BCUT2D eigenvalue weighted by Gasteiger charge is -2.46. The normalized spacial score (nSPS) is 26.8. The average Bonchev–Trinajstić information content (AvgIpc) is 2.34. The van der Waals surface area contributed by atoms with Crippen LogP contribution in [0.2, 0.25) is 0 Å². The maximum Gasteiger partial charge on any atom is 0.0558 e. The summed E-state index contributed by atoms with van der Waals surface area (Å²) in [5.41, 5.74) is 0.336. The van der Waals surface area contributed by atoms with Crippen LogP contribution in [0.25, 0.3) is 0 Å². The Kier molecular flexibility index (Phi) is 7.29. The zero-order valence-electron chi connectivity index (χ0n) is 12.9. The maximum absolute atomic E-state index is 9.13. The second-order valence-electron chi connectivity index (χ2n) is 6.42. The largest absolute Gasteiger partial charge is 0.395 e. The lowest BCUT2D eigenvalue weighted by atomic mass is 9.67. The van der Waals surface area contributed by atoms with Crippen molar-refractivity contribution in [2.75, 3.05) is 39.4 Å². The van der Waals surface area contributed by atoms with E-state index in [-0.39, 0.29) is 13.2 Å². The third-order valence-corrected chi connectivity index (χ3v) is 4.46. The molecule has 2 unspecified atom stereocenters. The van der Waals surface area contributed by atoms with Gasteiger partial charge in [0.1, 0.15) is 0 Å². The van der Waals surface area contributed by atoms with Crippen LogP contribution in [-0.2, 0) is 0 Å². The molecule has 1 saturated carbocycles. The minimum atomic E-state index is 0.169. The average molecular weight is 272 g/mol. The van der Waals surface area contributed by atoms with Gasteiger partial charge in [-0.05, 0) is 30.7 Å². The molecule has 1 aliphatic carbocycles. The molecule has 0 aromatic heterocycles. The van der Waals surface area contributed by atoms with Crippen LogP contribution < -0.4 is 5.32 Å². The summed E-state index contributed by atoms with van der Waals surface area (Å²) >= 11 is 0. The van der Waals surface area contributed by atoms with Gasteiger partial charge in [-0.2, -0.15) is 0 Å². The van der Waals surface area contributed by atoms with Crippen LogP contribution in [0.5, 0.6) is 0 Å². The van der Waals surface area contributed by atoms with E-state index in [1.54, 1.807) is 0 Å². The number of aliphatic hydroxyl groups is 2. The fraction of sp³-hybridized carbons (Fsp3) is 1.00. The first-order valence-electron chi connectivity index (χ1n) is 7.72. The van der Waals surface area contributed by atoms with Crippen molar-refractivity contribution in [3.63, 3.8) is 0 Å². The quantitative estimate of drug-likeness (QED) is 0.619. The molecule has 0 heterocycles. The van der Waals surface area contributed by atoms with Crippen LogP contribution in [0.3, 0.4) is 0 Å². The minimum absolute atomic E-state index is 0.169. The Labute approximate surface area is 118 Å². The van der Waals surface area contributed by atoms with E-state index >= 15 is 0 Å². The predicted molar refractivity (Wildman–Crippen MR) is 79.2 cm³/mol. The number of nitrogens with zero attached hydrogens (tertiary/aromatic N) is 1. The topological polar surface area (TPSA) is 55.7 Å². The number of nitrogens with one attached hydrogen (secondary N) is 1. The molecule has 3 N–H and O–H groups in total. The monoisotopic (exact) mass is 272 g/mol. The molecule has 4 nitrogen and oxygen atoms in total. The zero-order valence-corrected chi connectivity index (χ0v) is 12.9. The molecule has 19 heavy (non-hydrogen) atoms. The Hall–Kier alpha value is -0.160. The van der Waals surface area contributed by atoms with E-state index in [0.717, 1.165) is 13.1 Å². The summed E-state index contributed by atoms with van der Waals surface area (Å²) in [6.07, 6.45) is 3.81. The molecule has 114 valence electrons. The fourth-order valence-electron chi connectivity index (χ4n) is 3.55. The van der Waals surface area contributed by atoms with Crippen molar-refractivity contribution >= 4 is 0 Å². The van der Waals surface area contributed by atoms with E-state index in [2.05, 4.69) is 31.0 Å². The van der Waals surface area contributed by atoms with Crippen LogP contribution in [0, 0.1) is 11.3 Å². The van der Waals surface area contributed by atoms with Crippen molar-refractivity contribution in [3.05, 3.63) is 0 Å². The van der Waals surface area contributed by atoms with E-state index in [0.29, 0.717) is 30.5 Å². The van der Waals surface area contributed by atoms with Gasteiger partial charge in [0.25, 0.3) is 0 Å². The summed E-state index contributed by atoms with van der Waals surface area (Å²) in [7, 11) is 0. The molecule has 1 rings (SSSR count). The van der Waals surface area contributed by atoms with Gasteiger partial charge in [-0.25, -0.2) is 0 Å². The van der Waals surface area contributed by atoms with Crippen LogP contribution in [-0.4, -0.2) is 60.5 Å². The lowest BCUT2D eigenvalue weighted by molar-refractivity contribution is 0.0672. The molecule has 0 aromatic rings. The second kappa shape index (κ2) is 8.20. The third kappa shape index (κ3) is 5.03. The summed E-state index contributed by atoms with van der Waals surface area (Å²) in [4.78, 5) is 2.19. The number of rotatable bonds is 8. The van der Waals surface area contributed by atoms with E-state index < -0.39 is 0 Å². The molecule has 0 saturated heterocycles. The summed E-state index contributed by atoms with van der Waals surface area (Å²) < 4.78 is 0. The fourth-order valence-corrected chi connectivity index (χ4v) is 3.55. The van der Waals surface area contributed by atoms with Gasteiger partial charge in [0.2, 0.25) is 0 Å². The van der Waals surface area contributed by atoms with Gasteiger partial charge in [0.05, 0.1) is 13.2 Å². The Morgan fingerprint density at radius 3 is 2.37 bits per heavy atom. The molecule has 2 atom stereocenters. The highest BCUT2D eigenvalue weighted by atomic mass is 16.3. The van der Waals surface area contributed by atoms with E-state index in [1.807, 2.05) is 0 Å². The first-order chi connectivity index (χ1) is 9.05. The molecule has 1 aliphatic rings. The van der Waals surface area contributed by atoms with Crippen LogP contribution in [0.15, 0.2) is 0 Å². The van der Waals surface area contributed by atoms with Crippen molar-refractivity contribution < 1.29 is 10.2 Å².